The third-order valence-corrected chi connectivity index (χ3v) is 7.13. The molecule has 0 spiro atoms. The summed E-state index contributed by atoms with van der Waals surface area (Å²) in [6, 6.07) is -0.833. The van der Waals surface area contributed by atoms with Gasteiger partial charge in [-0.15, -0.1) is 0 Å². The number of piperidine rings is 1. The van der Waals surface area contributed by atoms with Crippen LogP contribution >= 0.6 is 0 Å². The van der Waals surface area contributed by atoms with Crippen molar-refractivity contribution >= 4 is 17.9 Å². The summed E-state index contributed by atoms with van der Waals surface area (Å²) in [6.07, 6.45) is 2.37. The molecule has 0 aromatic heterocycles. The van der Waals surface area contributed by atoms with Crippen LogP contribution in [0, 0.1) is 11.8 Å². The minimum atomic E-state index is -0.861. The number of ether oxygens (including phenoxy) is 2. The topological polar surface area (TPSA) is 88.2 Å². The predicted octanol–water partition coefficient (Wildman–Crippen LogP) is 3.67. The molecular formula is C26H44FN3O5. The number of alkyl halides is 1. The number of nitrogens with one attached hydrogen (secondary N) is 1. The summed E-state index contributed by atoms with van der Waals surface area (Å²) in [4.78, 5) is 43.3. The van der Waals surface area contributed by atoms with Gasteiger partial charge in [0, 0.05) is 26.2 Å². The SMILES string of the molecule is CC(C)CC[C@H](NC(=O)OC(C)(C)C)C(=O)N1C[C@H](C(=O)N2CCC[C@H](F)CC2)C[C@H]2OCC[C@H]21. The largest absolute Gasteiger partial charge is 0.444 e. The molecule has 3 heterocycles. The lowest BCUT2D eigenvalue weighted by Gasteiger charge is -2.43. The van der Waals surface area contributed by atoms with Crippen molar-refractivity contribution in [3.63, 3.8) is 0 Å². The van der Waals surface area contributed by atoms with E-state index in [0.717, 1.165) is 6.42 Å². The number of hydrogen-bond donors (Lipinski definition) is 1. The smallest absolute Gasteiger partial charge is 0.408 e. The Morgan fingerprint density at radius 1 is 1.11 bits per heavy atom. The summed E-state index contributed by atoms with van der Waals surface area (Å²) < 4.78 is 25.2. The number of rotatable bonds is 6. The van der Waals surface area contributed by atoms with Gasteiger partial charge in [0.05, 0.1) is 18.1 Å². The first-order valence-electron chi connectivity index (χ1n) is 13.3. The van der Waals surface area contributed by atoms with Crippen LogP contribution in [0.3, 0.4) is 0 Å². The highest BCUT2D eigenvalue weighted by Crippen LogP contribution is 2.33. The Bertz CT molecular complexity index is 756. The first-order valence-corrected chi connectivity index (χ1v) is 13.3. The molecular weight excluding hydrogens is 453 g/mol. The highest BCUT2D eigenvalue weighted by Gasteiger charge is 2.46. The number of alkyl carbamates (subject to hydrolysis) is 1. The number of carbonyl (C=O) groups excluding carboxylic acids is 3. The Kier molecular flexibility index (Phi) is 9.40. The maximum absolute atomic E-state index is 13.8. The Hall–Kier alpha value is -1.90. The van der Waals surface area contributed by atoms with Gasteiger partial charge in [-0.1, -0.05) is 13.8 Å². The van der Waals surface area contributed by atoms with Crippen molar-refractivity contribution in [2.24, 2.45) is 11.8 Å². The minimum Gasteiger partial charge on any atom is -0.444 e. The van der Waals surface area contributed by atoms with Crippen molar-refractivity contribution in [2.45, 2.75) is 110 Å². The zero-order chi connectivity index (χ0) is 25.8. The molecule has 200 valence electrons. The zero-order valence-electron chi connectivity index (χ0n) is 22.1. The molecule has 0 aliphatic carbocycles. The van der Waals surface area contributed by atoms with Crippen molar-refractivity contribution < 1.29 is 28.2 Å². The van der Waals surface area contributed by atoms with Crippen molar-refractivity contribution in [1.82, 2.24) is 15.1 Å². The number of carbonyl (C=O) groups is 3. The van der Waals surface area contributed by atoms with E-state index in [9.17, 15) is 18.8 Å². The number of amides is 3. The number of nitrogens with zero attached hydrogens (tertiary/aromatic N) is 2. The molecule has 3 amide bonds. The van der Waals surface area contributed by atoms with E-state index in [1.165, 1.54) is 0 Å². The molecule has 8 nitrogen and oxygen atoms in total. The quantitative estimate of drug-likeness (QED) is 0.605. The molecule has 3 aliphatic heterocycles. The van der Waals surface area contributed by atoms with Gasteiger partial charge in [-0.05, 0) is 71.6 Å². The van der Waals surface area contributed by atoms with Gasteiger partial charge in [0.1, 0.15) is 17.8 Å². The van der Waals surface area contributed by atoms with Crippen LogP contribution in [0.4, 0.5) is 9.18 Å². The van der Waals surface area contributed by atoms with E-state index in [0.29, 0.717) is 70.7 Å². The van der Waals surface area contributed by atoms with E-state index >= 15 is 0 Å². The van der Waals surface area contributed by atoms with Gasteiger partial charge in [-0.2, -0.15) is 0 Å². The fourth-order valence-corrected chi connectivity index (χ4v) is 5.32. The van der Waals surface area contributed by atoms with E-state index < -0.39 is 23.9 Å². The average molecular weight is 498 g/mol. The number of hydrogen-bond acceptors (Lipinski definition) is 5. The normalized spacial score (nSPS) is 28.3. The molecule has 3 fully saturated rings. The van der Waals surface area contributed by atoms with Crippen molar-refractivity contribution in [3.8, 4) is 0 Å². The highest BCUT2D eigenvalue weighted by atomic mass is 19.1. The van der Waals surface area contributed by atoms with E-state index in [1.54, 1.807) is 30.6 Å². The second-order valence-electron chi connectivity index (χ2n) is 11.7. The van der Waals surface area contributed by atoms with Crippen molar-refractivity contribution in [3.05, 3.63) is 0 Å². The molecule has 9 heteroatoms. The molecule has 3 rings (SSSR count). The van der Waals surface area contributed by atoms with Gasteiger partial charge >= 0.3 is 6.09 Å². The summed E-state index contributed by atoms with van der Waals surface area (Å²) in [7, 11) is 0. The predicted molar refractivity (Wildman–Crippen MR) is 131 cm³/mol. The molecule has 0 aromatic rings. The molecule has 1 N–H and O–H groups in total. The molecule has 0 saturated carbocycles. The molecule has 3 saturated heterocycles. The maximum atomic E-state index is 13.8. The van der Waals surface area contributed by atoms with Crippen LogP contribution in [0.2, 0.25) is 0 Å². The molecule has 0 bridgehead atoms. The van der Waals surface area contributed by atoms with Crippen LogP contribution in [0.5, 0.6) is 0 Å². The number of fused-ring (bicyclic) bond motifs is 1. The van der Waals surface area contributed by atoms with Gasteiger partial charge in [-0.3, -0.25) is 9.59 Å². The van der Waals surface area contributed by atoms with Gasteiger partial charge in [-0.25, -0.2) is 9.18 Å². The minimum absolute atomic E-state index is 0.0234. The lowest BCUT2D eigenvalue weighted by Crippen LogP contribution is -2.60. The summed E-state index contributed by atoms with van der Waals surface area (Å²) >= 11 is 0. The van der Waals surface area contributed by atoms with Gasteiger partial charge in [0.25, 0.3) is 0 Å². The Morgan fingerprint density at radius 3 is 2.54 bits per heavy atom. The van der Waals surface area contributed by atoms with Crippen LogP contribution < -0.4 is 5.32 Å². The van der Waals surface area contributed by atoms with E-state index in [4.69, 9.17) is 9.47 Å². The fraction of sp³-hybridized carbons (Fsp3) is 0.885. The van der Waals surface area contributed by atoms with Crippen LogP contribution in [-0.4, -0.2) is 83.9 Å². The van der Waals surface area contributed by atoms with Crippen molar-refractivity contribution in [2.75, 3.05) is 26.2 Å². The van der Waals surface area contributed by atoms with Gasteiger partial charge in [0.2, 0.25) is 11.8 Å². The lowest BCUT2D eigenvalue weighted by molar-refractivity contribution is -0.148. The highest BCUT2D eigenvalue weighted by molar-refractivity contribution is 5.87. The van der Waals surface area contributed by atoms with Crippen LogP contribution in [0.1, 0.15) is 79.6 Å². The third-order valence-electron chi connectivity index (χ3n) is 7.13. The lowest BCUT2D eigenvalue weighted by atomic mass is 9.88. The van der Waals surface area contributed by atoms with Crippen LogP contribution in [0.25, 0.3) is 0 Å². The molecule has 5 atom stereocenters. The van der Waals surface area contributed by atoms with E-state index in [1.807, 2.05) is 0 Å². The average Bonchev–Trinajstić information content (AvgIpc) is 3.14. The van der Waals surface area contributed by atoms with Crippen molar-refractivity contribution in [1.29, 1.82) is 0 Å². The maximum Gasteiger partial charge on any atom is 0.408 e. The standard InChI is InChI=1S/C26H44FN3O5/c1-17(2)8-9-20(28-25(33)35-26(3,4)5)24(32)30-16-18(15-22-21(30)11-14-34-22)23(31)29-12-6-7-19(27)10-13-29/h17-22H,6-16H2,1-5H3,(H,28,33)/t18-,19+,20+,21-,22-/m1/s1. The summed E-state index contributed by atoms with van der Waals surface area (Å²) in [5, 5.41) is 2.80. The molecule has 0 radical (unpaired) electrons. The Morgan fingerprint density at radius 2 is 1.86 bits per heavy atom. The molecule has 0 unspecified atom stereocenters. The Labute approximate surface area is 209 Å². The van der Waals surface area contributed by atoms with Crippen LogP contribution in [0.15, 0.2) is 0 Å². The summed E-state index contributed by atoms with van der Waals surface area (Å²) in [6.45, 7) is 11.3. The Balaban J connectivity index is 1.75. The summed E-state index contributed by atoms with van der Waals surface area (Å²) in [5.74, 6) is -0.230. The van der Waals surface area contributed by atoms with E-state index in [-0.39, 0.29) is 29.9 Å². The first kappa shape index (κ1) is 27.7. The monoisotopic (exact) mass is 497 g/mol. The summed E-state index contributed by atoms with van der Waals surface area (Å²) in [5.41, 5.74) is -0.672. The third kappa shape index (κ3) is 7.79. The second kappa shape index (κ2) is 11.9. The second-order valence-corrected chi connectivity index (χ2v) is 11.7. The molecule has 3 aliphatic rings. The fourth-order valence-electron chi connectivity index (χ4n) is 5.32. The van der Waals surface area contributed by atoms with Crippen LogP contribution in [-0.2, 0) is 19.1 Å². The number of likely N-dealkylation sites (tertiary alicyclic amines) is 2. The van der Waals surface area contributed by atoms with Gasteiger partial charge in [0.15, 0.2) is 0 Å². The van der Waals surface area contributed by atoms with Gasteiger partial charge < -0.3 is 24.6 Å². The molecule has 0 aromatic carbocycles. The van der Waals surface area contributed by atoms with E-state index in [2.05, 4.69) is 19.2 Å². The first-order chi connectivity index (χ1) is 16.4. The molecule has 35 heavy (non-hydrogen) atoms. The zero-order valence-corrected chi connectivity index (χ0v) is 22.1. The number of halogens is 1.